The lowest BCUT2D eigenvalue weighted by molar-refractivity contribution is -0.121. The fourth-order valence-electron chi connectivity index (χ4n) is 2.44. The molecule has 1 saturated heterocycles. The summed E-state index contributed by atoms with van der Waals surface area (Å²) in [5.41, 5.74) is 0. The first-order chi connectivity index (χ1) is 9.60. The minimum absolute atomic E-state index is 0.0309. The number of aromatic nitrogens is 1. The number of carbonyl (C=O) groups excluding carboxylic acids is 1. The highest BCUT2D eigenvalue weighted by atomic mass is 35.5. The number of carbonyl (C=O) groups is 1. The van der Waals surface area contributed by atoms with Crippen LogP contribution in [0.4, 0.5) is 5.82 Å². The van der Waals surface area contributed by atoms with Crippen LogP contribution in [-0.4, -0.2) is 48.0 Å². The van der Waals surface area contributed by atoms with E-state index < -0.39 is 0 Å². The Morgan fingerprint density at radius 3 is 3.00 bits per heavy atom. The molecule has 2 heterocycles. The van der Waals surface area contributed by atoms with E-state index in [1.54, 1.807) is 12.1 Å². The van der Waals surface area contributed by atoms with Gasteiger partial charge >= 0.3 is 0 Å². The Bertz CT molecular complexity index is 451. The SMILES string of the molecule is CNC1CCCN(C(C)C(=O)Nc2ccc(Cl)cn2)C1. The predicted octanol–water partition coefficient (Wildman–Crippen LogP) is 1.75. The van der Waals surface area contributed by atoms with Crippen molar-refractivity contribution in [3.63, 3.8) is 0 Å². The van der Waals surface area contributed by atoms with Gasteiger partial charge in [-0.2, -0.15) is 0 Å². The van der Waals surface area contributed by atoms with E-state index in [0.29, 0.717) is 16.9 Å². The number of hydrogen-bond acceptors (Lipinski definition) is 4. The maximum absolute atomic E-state index is 12.2. The predicted molar refractivity (Wildman–Crippen MR) is 81.0 cm³/mol. The van der Waals surface area contributed by atoms with Crippen molar-refractivity contribution in [3.8, 4) is 0 Å². The van der Waals surface area contributed by atoms with Crippen LogP contribution < -0.4 is 10.6 Å². The third-order valence-corrected chi connectivity index (χ3v) is 3.99. The standard InChI is InChI=1S/C14H21ClN4O/c1-10(19-7-3-4-12(9-19)16-2)14(20)18-13-6-5-11(15)8-17-13/h5-6,8,10,12,16H,3-4,7,9H2,1-2H3,(H,17,18,20). The molecule has 1 amide bonds. The van der Waals surface area contributed by atoms with Gasteiger partial charge in [-0.25, -0.2) is 4.98 Å². The molecule has 0 bridgehead atoms. The van der Waals surface area contributed by atoms with E-state index in [2.05, 4.69) is 20.5 Å². The zero-order chi connectivity index (χ0) is 14.5. The van der Waals surface area contributed by atoms with Crippen molar-refractivity contribution >= 4 is 23.3 Å². The van der Waals surface area contributed by atoms with Crippen molar-refractivity contribution in [3.05, 3.63) is 23.4 Å². The topological polar surface area (TPSA) is 57.3 Å². The molecule has 1 aliphatic heterocycles. The van der Waals surface area contributed by atoms with Gasteiger partial charge in [0.15, 0.2) is 0 Å². The smallest absolute Gasteiger partial charge is 0.242 e. The highest BCUT2D eigenvalue weighted by Crippen LogP contribution is 2.15. The number of nitrogens with zero attached hydrogens (tertiary/aromatic N) is 2. The highest BCUT2D eigenvalue weighted by Gasteiger charge is 2.26. The van der Waals surface area contributed by atoms with Gasteiger partial charge in [0, 0.05) is 18.8 Å². The Balaban J connectivity index is 1.92. The lowest BCUT2D eigenvalue weighted by Crippen LogP contribution is -2.51. The number of rotatable bonds is 4. The van der Waals surface area contributed by atoms with Crippen molar-refractivity contribution in [2.24, 2.45) is 0 Å². The Morgan fingerprint density at radius 2 is 2.35 bits per heavy atom. The molecule has 0 radical (unpaired) electrons. The molecule has 0 aromatic carbocycles. The van der Waals surface area contributed by atoms with Crippen LogP contribution in [0.25, 0.3) is 0 Å². The highest BCUT2D eigenvalue weighted by molar-refractivity contribution is 6.30. The van der Waals surface area contributed by atoms with Crippen LogP contribution >= 0.6 is 11.6 Å². The lowest BCUT2D eigenvalue weighted by Gasteiger charge is -2.35. The molecule has 5 nitrogen and oxygen atoms in total. The van der Waals surface area contributed by atoms with Crippen molar-refractivity contribution in [2.75, 3.05) is 25.5 Å². The van der Waals surface area contributed by atoms with E-state index in [-0.39, 0.29) is 11.9 Å². The monoisotopic (exact) mass is 296 g/mol. The summed E-state index contributed by atoms with van der Waals surface area (Å²) in [6, 6.07) is 3.73. The normalized spacial score (nSPS) is 21.4. The molecule has 2 unspecified atom stereocenters. The first kappa shape index (κ1) is 15.2. The summed E-state index contributed by atoms with van der Waals surface area (Å²) in [6.45, 7) is 3.79. The van der Waals surface area contributed by atoms with E-state index in [9.17, 15) is 4.79 Å². The van der Waals surface area contributed by atoms with Crippen LogP contribution in [-0.2, 0) is 4.79 Å². The third-order valence-electron chi connectivity index (χ3n) is 3.77. The van der Waals surface area contributed by atoms with E-state index in [4.69, 9.17) is 11.6 Å². The van der Waals surface area contributed by atoms with Crippen LogP contribution in [0.3, 0.4) is 0 Å². The second-order valence-electron chi connectivity index (χ2n) is 5.15. The molecule has 2 atom stereocenters. The molecule has 1 aliphatic rings. The summed E-state index contributed by atoms with van der Waals surface area (Å²) in [5.74, 6) is 0.505. The van der Waals surface area contributed by atoms with E-state index in [1.165, 1.54) is 12.6 Å². The summed E-state index contributed by atoms with van der Waals surface area (Å²) < 4.78 is 0. The van der Waals surface area contributed by atoms with Crippen molar-refractivity contribution in [1.82, 2.24) is 15.2 Å². The van der Waals surface area contributed by atoms with Gasteiger partial charge in [-0.3, -0.25) is 9.69 Å². The Kier molecular flexibility index (Phi) is 5.34. The van der Waals surface area contributed by atoms with Gasteiger partial charge in [0.2, 0.25) is 5.91 Å². The molecule has 1 aromatic rings. The summed E-state index contributed by atoms with van der Waals surface area (Å²) in [7, 11) is 1.97. The Labute approximate surface area is 124 Å². The third kappa shape index (κ3) is 3.91. The van der Waals surface area contributed by atoms with Crippen molar-refractivity contribution < 1.29 is 4.79 Å². The lowest BCUT2D eigenvalue weighted by atomic mass is 10.0. The molecule has 1 fully saturated rings. The average molecular weight is 297 g/mol. The number of anilines is 1. The zero-order valence-electron chi connectivity index (χ0n) is 11.9. The second-order valence-corrected chi connectivity index (χ2v) is 5.59. The molecule has 0 saturated carbocycles. The van der Waals surface area contributed by atoms with Gasteiger partial charge in [0.1, 0.15) is 5.82 Å². The van der Waals surface area contributed by atoms with Crippen LogP contribution in [0.2, 0.25) is 5.02 Å². The number of amides is 1. The molecule has 2 rings (SSSR count). The average Bonchev–Trinajstić information content (AvgIpc) is 2.48. The number of nitrogens with one attached hydrogen (secondary N) is 2. The van der Waals surface area contributed by atoms with Gasteiger partial charge < -0.3 is 10.6 Å². The van der Waals surface area contributed by atoms with E-state index in [0.717, 1.165) is 19.5 Å². The summed E-state index contributed by atoms with van der Waals surface area (Å²) >= 11 is 5.77. The van der Waals surface area contributed by atoms with Gasteiger partial charge in [0.25, 0.3) is 0 Å². The van der Waals surface area contributed by atoms with Gasteiger partial charge in [-0.15, -0.1) is 0 Å². The maximum atomic E-state index is 12.2. The Hall–Kier alpha value is -1.17. The fourth-order valence-corrected chi connectivity index (χ4v) is 2.55. The molecule has 110 valence electrons. The largest absolute Gasteiger partial charge is 0.316 e. The number of likely N-dealkylation sites (tertiary alicyclic amines) is 1. The number of halogens is 1. The molecule has 2 N–H and O–H groups in total. The molecule has 6 heteroatoms. The number of piperidine rings is 1. The van der Waals surface area contributed by atoms with Crippen molar-refractivity contribution in [2.45, 2.75) is 31.8 Å². The maximum Gasteiger partial charge on any atom is 0.242 e. The molecule has 20 heavy (non-hydrogen) atoms. The number of pyridine rings is 1. The number of hydrogen-bond donors (Lipinski definition) is 2. The molecule has 0 aliphatic carbocycles. The molecule has 0 spiro atoms. The quantitative estimate of drug-likeness (QED) is 0.889. The summed E-state index contributed by atoms with van der Waals surface area (Å²) in [4.78, 5) is 18.5. The van der Waals surface area contributed by atoms with E-state index >= 15 is 0 Å². The fraction of sp³-hybridized carbons (Fsp3) is 0.571. The van der Waals surface area contributed by atoms with Gasteiger partial charge in [-0.1, -0.05) is 11.6 Å². The summed E-state index contributed by atoms with van der Waals surface area (Å²) in [5, 5.41) is 6.67. The van der Waals surface area contributed by atoms with Crippen LogP contribution in [0, 0.1) is 0 Å². The van der Waals surface area contributed by atoms with Crippen LogP contribution in [0.1, 0.15) is 19.8 Å². The minimum atomic E-state index is -0.163. The van der Waals surface area contributed by atoms with Crippen molar-refractivity contribution in [1.29, 1.82) is 0 Å². The molecule has 1 aromatic heterocycles. The first-order valence-corrected chi connectivity index (χ1v) is 7.31. The van der Waals surface area contributed by atoms with Crippen LogP contribution in [0.5, 0.6) is 0 Å². The Morgan fingerprint density at radius 1 is 1.55 bits per heavy atom. The van der Waals surface area contributed by atoms with Gasteiger partial charge in [-0.05, 0) is 45.5 Å². The second kappa shape index (κ2) is 7.02. The number of likely N-dealkylation sites (N-methyl/N-ethyl adjacent to an activating group) is 1. The minimum Gasteiger partial charge on any atom is -0.316 e. The zero-order valence-corrected chi connectivity index (χ0v) is 12.7. The molecular weight excluding hydrogens is 276 g/mol. The first-order valence-electron chi connectivity index (χ1n) is 6.94. The van der Waals surface area contributed by atoms with E-state index in [1.807, 2.05) is 14.0 Å². The van der Waals surface area contributed by atoms with Crippen LogP contribution in [0.15, 0.2) is 18.3 Å². The van der Waals surface area contributed by atoms with Gasteiger partial charge in [0.05, 0.1) is 11.1 Å². The summed E-state index contributed by atoms with van der Waals surface area (Å²) in [6.07, 6.45) is 3.81. The molecular formula is C14H21ClN4O.